The van der Waals surface area contributed by atoms with Crippen molar-refractivity contribution < 1.29 is 4.79 Å². The van der Waals surface area contributed by atoms with E-state index in [1.807, 2.05) is 26.8 Å². The van der Waals surface area contributed by atoms with Crippen LogP contribution < -0.4 is 0 Å². The van der Waals surface area contributed by atoms with E-state index >= 15 is 0 Å². The number of aromatic nitrogens is 1. The fraction of sp³-hybridized carbons (Fsp3) is 0.455. The highest BCUT2D eigenvalue weighted by Crippen LogP contribution is 2.23. The quantitative estimate of drug-likeness (QED) is 0.614. The molecule has 14 heavy (non-hydrogen) atoms. The molecule has 0 radical (unpaired) electrons. The third-order valence-corrected chi connectivity index (χ3v) is 2.98. The van der Waals surface area contributed by atoms with Gasteiger partial charge in [0.1, 0.15) is 6.29 Å². The maximum atomic E-state index is 10.9. The molecule has 2 nitrogen and oxygen atoms in total. The van der Waals surface area contributed by atoms with Crippen LogP contribution in [-0.4, -0.2) is 16.6 Å². The van der Waals surface area contributed by atoms with Gasteiger partial charge in [-0.1, -0.05) is 15.9 Å². The van der Waals surface area contributed by atoms with Gasteiger partial charge in [-0.15, -0.1) is 0 Å². The molecular weight excluding hydrogens is 242 g/mol. The van der Waals surface area contributed by atoms with Crippen LogP contribution in [0.4, 0.5) is 0 Å². The van der Waals surface area contributed by atoms with E-state index in [0.29, 0.717) is 5.33 Å². The molecule has 1 heterocycles. The standard InChI is InChI=1S/C11H14BrNO/c1-7-4-8(2)13-9(3)11(7)10(5-12)6-14/h4,6,10H,5H2,1-3H3. The lowest BCUT2D eigenvalue weighted by Gasteiger charge is -2.14. The number of pyridine rings is 1. The minimum absolute atomic E-state index is 0.0805. The number of carbonyl (C=O) groups is 1. The molecule has 1 rings (SSSR count). The lowest BCUT2D eigenvalue weighted by atomic mass is 9.96. The Hall–Kier alpha value is -0.700. The summed E-state index contributed by atoms with van der Waals surface area (Å²) >= 11 is 3.34. The Bertz CT molecular complexity index is 326. The molecule has 0 saturated carbocycles. The summed E-state index contributed by atoms with van der Waals surface area (Å²) in [6, 6.07) is 2.02. The van der Waals surface area contributed by atoms with Gasteiger partial charge in [-0.3, -0.25) is 4.98 Å². The van der Waals surface area contributed by atoms with Gasteiger partial charge in [0.2, 0.25) is 0 Å². The molecule has 0 fully saturated rings. The molecule has 0 bridgehead atoms. The van der Waals surface area contributed by atoms with Crippen molar-refractivity contribution in [1.82, 2.24) is 4.98 Å². The predicted octanol–water partition coefficient (Wildman–Crippen LogP) is 2.68. The summed E-state index contributed by atoms with van der Waals surface area (Å²) in [5, 5.41) is 0.656. The molecule has 0 aliphatic heterocycles. The summed E-state index contributed by atoms with van der Waals surface area (Å²) in [7, 11) is 0. The first-order chi connectivity index (χ1) is 6.60. The molecule has 0 aromatic carbocycles. The molecule has 0 aliphatic rings. The van der Waals surface area contributed by atoms with Gasteiger partial charge in [-0.25, -0.2) is 0 Å². The zero-order valence-electron chi connectivity index (χ0n) is 8.67. The van der Waals surface area contributed by atoms with Crippen LogP contribution in [0, 0.1) is 20.8 Å². The summed E-state index contributed by atoms with van der Waals surface area (Å²) in [4.78, 5) is 15.2. The maximum Gasteiger partial charge on any atom is 0.128 e. The molecular formula is C11H14BrNO. The monoisotopic (exact) mass is 255 g/mol. The van der Waals surface area contributed by atoms with E-state index < -0.39 is 0 Å². The molecule has 76 valence electrons. The van der Waals surface area contributed by atoms with Crippen molar-refractivity contribution in [3.8, 4) is 0 Å². The van der Waals surface area contributed by atoms with Gasteiger partial charge in [-0.05, 0) is 38.0 Å². The van der Waals surface area contributed by atoms with Crippen molar-refractivity contribution >= 4 is 22.2 Å². The van der Waals surface area contributed by atoms with Crippen LogP contribution in [0.1, 0.15) is 28.4 Å². The lowest BCUT2D eigenvalue weighted by Crippen LogP contribution is -2.08. The SMILES string of the molecule is Cc1cc(C)c(C(C=O)CBr)c(C)n1. The van der Waals surface area contributed by atoms with E-state index in [4.69, 9.17) is 0 Å². The number of aryl methyl sites for hydroxylation is 3. The third-order valence-electron chi connectivity index (χ3n) is 2.29. The average molecular weight is 256 g/mol. The Labute approximate surface area is 92.9 Å². The van der Waals surface area contributed by atoms with Gasteiger partial charge >= 0.3 is 0 Å². The van der Waals surface area contributed by atoms with Gasteiger partial charge in [0.05, 0.1) is 5.92 Å². The fourth-order valence-electron chi connectivity index (χ4n) is 1.78. The summed E-state index contributed by atoms with van der Waals surface area (Å²) < 4.78 is 0. The zero-order valence-corrected chi connectivity index (χ0v) is 10.3. The zero-order chi connectivity index (χ0) is 10.7. The minimum atomic E-state index is -0.0805. The maximum absolute atomic E-state index is 10.9. The largest absolute Gasteiger partial charge is 0.303 e. The van der Waals surface area contributed by atoms with E-state index in [-0.39, 0.29) is 5.92 Å². The van der Waals surface area contributed by atoms with E-state index in [1.165, 1.54) is 0 Å². The Morgan fingerprint density at radius 1 is 1.50 bits per heavy atom. The highest BCUT2D eigenvalue weighted by Gasteiger charge is 2.15. The topological polar surface area (TPSA) is 30.0 Å². The molecule has 0 amide bonds. The molecule has 0 spiro atoms. The van der Waals surface area contributed by atoms with Crippen molar-refractivity contribution in [3.05, 3.63) is 28.6 Å². The van der Waals surface area contributed by atoms with Gasteiger partial charge < -0.3 is 4.79 Å². The molecule has 0 N–H and O–H groups in total. The van der Waals surface area contributed by atoms with E-state index in [0.717, 1.165) is 28.8 Å². The second-order valence-electron chi connectivity index (χ2n) is 3.48. The Morgan fingerprint density at radius 2 is 2.14 bits per heavy atom. The summed E-state index contributed by atoms with van der Waals surface area (Å²) in [5.41, 5.74) is 4.16. The van der Waals surface area contributed by atoms with Crippen LogP contribution in [-0.2, 0) is 4.79 Å². The number of alkyl halides is 1. The highest BCUT2D eigenvalue weighted by molar-refractivity contribution is 9.09. The van der Waals surface area contributed by atoms with Gasteiger partial charge in [0.15, 0.2) is 0 Å². The van der Waals surface area contributed by atoms with E-state index in [1.54, 1.807) is 0 Å². The highest BCUT2D eigenvalue weighted by atomic mass is 79.9. The van der Waals surface area contributed by atoms with Crippen LogP contribution in [0.3, 0.4) is 0 Å². The Balaban J connectivity index is 3.25. The van der Waals surface area contributed by atoms with Crippen LogP contribution in [0.5, 0.6) is 0 Å². The normalized spacial score (nSPS) is 12.6. The van der Waals surface area contributed by atoms with Crippen molar-refractivity contribution in [2.24, 2.45) is 0 Å². The van der Waals surface area contributed by atoms with Gasteiger partial charge in [0, 0.05) is 16.7 Å². The van der Waals surface area contributed by atoms with Gasteiger partial charge in [-0.2, -0.15) is 0 Å². The number of halogens is 1. The van der Waals surface area contributed by atoms with Gasteiger partial charge in [0.25, 0.3) is 0 Å². The van der Waals surface area contributed by atoms with Crippen LogP contribution in [0.25, 0.3) is 0 Å². The first kappa shape index (κ1) is 11.4. The second-order valence-corrected chi connectivity index (χ2v) is 4.12. The lowest BCUT2D eigenvalue weighted by molar-refractivity contribution is -0.108. The Kier molecular flexibility index (Phi) is 3.81. The fourth-order valence-corrected chi connectivity index (χ4v) is 2.25. The Morgan fingerprint density at radius 3 is 2.57 bits per heavy atom. The predicted molar refractivity (Wildman–Crippen MR) is 61.0 cm³/mol. The summed E-state index contributed by atoms with van der Waals surface area (Å²) in [6.07, 6.45) is 0.973. The van der Waals surface area contributed by atoms with Crippen LogP contribution >= 0.6 is 15.9 Å². The smallest absolute Gasteiger partial charge is 0.128 e. The molecule has 1 unspecified atom stereocenters. The number of hydrogen-bond acceptors (Lipinski definition) is 2. The third kappa shape index (κ3) is 2.21. The molecule has 1 aromatic rings. The van der Waals surface area contributed by atoms with Crippen LogP contribution in [0.2, 0.25) is 0 Å². The van der Waals surface area contributed by atoms with Crippen molar-refractivity contribution in [2.75, 3.05) is 5.33 Å². The summed E-state index contributed by atoms with van der Waals surface area (Å²) in [5.74, 6) is -0.0805. The number of rotatable bonds is 3. The first-order valence-electron chi connectivity index (χ1n) is 4.56. The van der Waals surface area contributed by atoms with E-state index in [2.05, 4.69) is 20.9 Å². The molecule has 1 atom stereocenters. The van der Waals surface area contributed by atoms with Crippen molar-refractivity contribution in [3.63, 3.8) is 0 Å². The molecule has 1 aromatic heterocycles. The van der Waals surface area contributed by atoms with Crippen LogP contribution in [0.15, 0.2) is 6.07 Å². The molecule has 0 aliphatic carbocycles. The second kappa shape index (κ2) is 4.69. The number of aldehydes is 1. The van der Waals surface area contributed by atoms with Crippen molar-refractivity contribution in [2.45, 2.75) is 26.7 Å². The minimum Gasteiger partial charge on any atom is -0.303 e. The summed E-state index contributed by atoms with van der Waals surface area (Å²) in [6.45, 7) is 5.94. The number of nitrogens with zero attached hydrogens (tertiary/aromatic N) is 1. The number of carbonyl (C=O) groups excluding carboxylic acids is 1. The first-order valence-corrected chi connectivity index (χ1v) is 5.68. The molecule has 3 heteroatoms. The number of hydrogen-bond donors (Lipinski definition) is 0. The van der Waals surface area contributed by atoms with E-state index in [9.17, 15) is 4.79 Å². The van der Waals surface area contributed by atoms with Crippen molar-refractivity contribution in [1.29, 1.82) is 0 Å². The molecule has 0 saturated heterocycles. The average Bonchev–Trinajstić information content (AvgIpc) is 2.10.